The molecule has 1 aliphatic rings. The van der Waals surface area contributed by atoms with Crippen molar-refractivity contribution in [1.82, 2.24) is 10.2 Å². The Morgan fingerprint density at radius 1 is 0.929 bits per heavy atom. The Labute approximate surface area is 256 Å². The normalized spacial score (nSPS) is 13.2. The average Bonchev–Trinajstić information content (AvgIpc) is 3.00. The number of nitrogens with one attached hydrogen (secondary N) is 1. The molecule has 224 valence electrons. The zero-order chi connectivity index (χ0) is 30.3. The Morgan fingerprint density at radius 3 is 2.24 bits per heavy atom. The van der Waals surface area contributed by atoms with Gasteiger partial charge in [0.2, 0.25) is 11.8 Å². The van der Waals surface area contributed by atoms with Crippen molar-refractivity contribution in [3.63, 3.8) is 0 Å². The van der Waals surface area contributed by atoms with Gasteiger partial charge in [0.1, 0.15) is 25.8 Å². The topological polar surface area (TPSA) is 105 Å². The SMILES string of the molecule is CCCNC(=O)[C@@H](CC)N(Cc1c(Cl)cccc1Cl)C(=O)CN(c1ccc2c(c1)OCCO2)S(=O)(=O)c1ccccc1. The van der Waals surface area contributed by atoms with Gasteiger partial charge in [0.25, 0.3) is 10.0 Å². The summed E-state index contributed by atoms with van der Waals surface area (Å²) in [6, 6.07) is 16.6. The van der Waals surface area contributed by atoms with E-state index in [9.17, 15) is 18.0 Å². The van der Waals surface area contributed by atoms with E-state index in [-0.39, 0.29) is 29.5 Å². The number of halogens is 2. The first-order valence-electron chi connectivity index (χ1n) is 13.6. The van der Waals surface area contributed by atoms with Gasteiger partial charge in [0, 0.05) is 34.8 Å². The first-order chi connectivity index (χ1) is 20.2. The summed E-state index contributed by atoms with van der Waals surface area (Å²) in [6.07, 6.45) is 0.985. The van der Waals surface area contributed by atoms with Gasteiger partial charge in [0.15, 0.2) is 11.5 Å². The molecular weight excluding hydrogens is 601 g/mol. The van der Waals surface area contributed by atoms with Gasteiger partial charge in [-0.3, -0.25) is 13.9 Å². The lowest BCUT2D eigenvalue weighted by atomic mass is 10.1. The van der Waals surface area contributed by atoms with Crippen LogP contribution in [0, 0.1) is 0 Å². The summed E-state index contributed by atoms with van der Waals surface area (Å²) in [4.78, 5) is 28.8. The molecule has 42 heavy (non-hydrogen) atoms. The number of fused-ring (bicyclic) bond motifs is 1. The highest BCUT2D eigenvalue weighted by molar-refractivity contribution is 7.92. The van der Waals surface area contributed by atoms with E-state index in [0.29, 0.717) is 53.3 Å². The van der Waals surface area contributed by atoms with Crippen molar-refractivity contribution in [1.29, 1.82) is 0 Å². The van der Waals surface area contributed by atoms with E-state index in [2.05, 4.69) is 5.32 Å². The first kappa shape index (κ1) is 31.5. The van der Waals surface area contributed by atoms with Crippen LogP contribution in [0.3, 0.4) is 0 Å². The second kappa shape index (κ2) is 14.1. The zero-order valence-corrected chi connectivity index (χ0v) is 25.7. The van der Waals surface area contributed by atoms with Crippen LogP contribution in [0.2, 0.25) is 10.0 Å². The summed E-state index contributed by atoms with van der Waals surface area (Å²) in [6.45, 7) is 4.10. The molecule has 0 bridgehead atoms. The maximum absolute atomic E-state index is 14.2. The lowest BCUT2D eigenvalue weighted by Gasteiger charge is -2.33. The van der Waals surface area contributed by atoms with Crippen LogP contribution in [0.15, 0.2) is 71.6 Å². The molecule has 1 N–H and O–H groups in total. The number of amides is 2. The van der Waals surface area contributed by atoms with Gasteiger partial charge in [-0.1, -0.05) is 61.3 Å². The lowest BCUT2D eigenvalue weighted by Crippen LogP contribution is -2.52. The highest BCUT2D eigenvalue weighted by Gasteiger charge is 2.34. The summed E-state index contributed by atoms with van der Waals surface area (Å²) in [5.41, 5.74) is 0.656. The summed E-state index contributed by atoms with van der Waals surface area (Å²) in [5.74, 6) is -0.127. The van der Waals surface area contributed by atoms with E-state index in [1.807, 2.05) is 6.92 Å². The van der Waals surface area contributed by atoms with Gasteiger partial charge in [0.05, 0.1) is 10.6 Å². The number of hydrogen-bond acceptors (Lipinski definition) is 6. The molecule has 1 aliphatic heterocycles. The van der Waals surface area contributed by atoms with Crippen molar-refractivity contribution >= 4 is 50.7 Å². The fourth-order valence-electron chi connectivity index (χ4n) is 4.57. The van der Waals surface area contributed by atoms with Gasteiger partial charge in [-0.25, -0.2) is 8.42 Å². The molecule has 0 saturated heterocycles. The molecule has 0 aliphatic carbocycles. The number of rotatable bonds is 12. The van der Waals surface area contributed by atoms with Crippen LogP contribution in [-0.2, 0) is 26.2 Å². The van der Waals surface area contributed by atoms with E-state index in [0.717, 1.165) is 4.31 Å². The molecule has 0 fully saturated rings. The molecular formula is C30H33Cl2N3O6S. The Balaban J connectivity index is 1.78. The Kier molecular flexibility index (Phi) is 10.6. The average molecular weight is 635 g/mol. The number of sulfonamides is 1. The third-order valence-electron chi connectivity index (χ3n) is 6.75. The number of ether oxygens (including phenoxy) is 2. The van der Waals surface area contributed by atoms with Gasteiger partial charge in [-0.15, -0.1) is 0 Å². The fraction of sp³-hybridized carbons (Fsp3) is 0.333. The fourth-order valence-corrected chi connectivity index (χ4v) is 6.52. The molecule has 2 amide bonds. The standard InChI is InChI=1S/C30H33Cl2N3O6S/c1-3-15-33-30(37)26(4-2)34(19-23-24(31)11-8-12-25(23)32)29(36)20-35(42(38,39)22-9-6-5-7-10-22)21-13-14-27-28(18-21)41-17-16-40-27/h5-14,18,26H,3-4,15-17,19-20H2,1-2H3,(H,33,37)/t26-/m1/s1. The predicted molar refractivity (Wildman–Crippen MR) is 163 cm³/mol. The highest BCUT2D eigenvalue weighted by Crippen LogP contribution is 2.36. The first-order valence-corrected chi connectivity index (χ1v) is 15.8. The van der Waals surface area contributed by atoms with Crippen molar-refractivity contribution in [3.8, 4) is 11.5 Å². The van der Waals surface area contributed by atoms with Gasteiger partial charge < -0.3 is 19.7 Å². The minimum atomic E-state index is -4.23. The third-order valence-corrected chi connectivity index (χ3v) is 9.25. The van der Waals surface area contributed by atoms with Gasteiger partial charge in [-0.2, -0.15) is 0 Å². The molecule has 9 nitrogen and oxygen atoms in total. The molecule has 0 unspecified atom stereocenters. The van der Waals surface area contributed by atoms with Crippen LogP contribution in [0.4, 0.5) is 5.69 Å². The molecule has 1 atom stereocenters. The van der Waals surface area contributed by atoms with Crippen LogP contribution in [0.25, 0.3) is 0 Å². The Hall–Kier alpha value is -3.47. The molecule has 3 aromatic rings. The zero-order valence-electron chi connectivity index (χ0n) is 23.4. The summed E-state index contributed by atoms with van der Waals surface area (Å²) in [7, 11) is -4.23. The number of carbonyl (C=O) groups is 2. The molecule has 0 radical (unpaired) electrons. The lowest BCUT2D eigenvalue weighted by molar-refractivity contribution is -0.140. The van der Waals surface area contributed by atoms with Gasteiger partial charge in [-0.05, 0) is 49.2 Å². The molecule has 0 aromatic heterocycles. The number of carbonyl (C=O) groups excluding carboxylic acids is 2. The second-order valence-corrected chi connectivity index (χ2v) is 12.3. The maximum atomic E-state index is 14.2. The molecule has 4 rings (SSSR count). The van der Waals surface area contributed by atoms with E-state index in [1.54, 1.807) is 55.5 Å². The summed E-state index contributed by atoms with van der Waals surface area (Å²) in [5, 5.41) is 3.50. The minimum absolute atomic E-state index is 0.00103. The van der Waals surface area contributed by atoms with Crippen LogP contribution in [0.5, 0.6) is 11.5 Å². The van der Waals surface area contributed by atoms with Crippen molar-refractivity contribution < 1.29 is 27.5 Å². The van der Waals surface area contributed by atoms with Crippen LogP contribution in [-0.4, -0.2) is 57.5 Å². The van der Waals surface area contributed by atoms with Crippen molar-refractivity contribution in [2.24, 2.45) is 0 Å². The number of benzene rings is 3. The van der Waals surface area contributed by atoms with E-state index in [4.69, 9.17) is 32.7 Å². The Bertz CT molecular complexity index is 1500. The molecule has 1 heterocycles. The predicted octanol–water partition coefficient (Wildman–Crippen LogP) is 5.29. The van der Waals surface area contributed by atoms with Crippen molar-refractivity contribution in [2.45, 2.75) is 44.2 Å². The molecule has 12 heteroatoms. The summed E-state index contributed by atoms with van der Waals surface area (Å²) < 4.78 is 40.3. The smallest absolute Gasteiger partial charge is 0.264 e. The molecule has 3 aromatic carbocycles. The second-order valence-electron chi connectivity index (χ2n) is 9.59. The molecule has 0 spiro atoms. The van der Waals surface area contributed by atoms with E-state index >= 15 is 0 Å². The number of nitrogens with zero attached hydrogens (tertiary/aromatic N) is 2. The van der Waals surface area contributed by atoms with E-state index in [1.165, 1.54) is 23.1 Å². The third kappa shape index (κ3) is 7.11. The Morgan fingerprint density at radius 2 is 1.60 bits per heavy atom. The monoisotopic (exact) mass is 633 g/mol. The van der Waals surface area contributed by atoms with Crippen LogP contribution >= 0.6 is 23.2 Å². The van der Waals surface area contributed by atoms with Crippen LogP contribution < -0.4 is 19.1 Å². The summed E-state index contributed by atoms with van der Waals surface area (Å²) >= 11 is 12.9. The number of anilines is 1. The van der Waals surface area contributed by atoms with Gasteiger partial charge >= 0.3 is 0 Å². The minimum Gasteiger partial charge on any atom is -0.486 e. The molecule has 0 saturated carbocycles. The van der Waals surface area contributed by atoms with Crippen molar-refractivity contribution in [3.05, 3.63) is 82.3 Å². The number of hydrogen-bond donors (Lipinski definition) is 1. The quantitative estimate of drug-likeness (QED) is 0.290. The van der Waals surface area contributed by atoms with Crippen molar-refractivity contribution in [2.75, 3.05) is 30.6 Å². The maximum Gasteiger partial charge on any atom is 0.264 e. The van der Waals surface area contributed by atoms with Crippen LogP contribution in [0.1, 0.15) is 32.3 Å². The largest absolute Gasteiger partial charge is 0.486 e. The highest BCUT2D eigenvalue weighted by atomic mass is 35.5. The van der Waals surface area contributed by atoms with E-state index < -0.39 is 28.5 Å².